The minimum absolute atomic E-state index is 0.0315. The Morgan fingerprint density at radius 2 is 2.04 bits per heavy atom. The summed E-state index contributed by atoms with van der Waals surface area (Å²) in [5, 5.41) is 2.75. The van der Waals surface area contributed by atoms with Crippen molar-refractivity contribution < 1.29 is 18.0 Å². The normalized spacial score (nSPS) is 18.1. The second-order valence-electron chi connectivity index (χ2n) is 7.77. The van der Waals surface area contributed by atoms with E-state index in [0.717, 1.165) is 29.4 Å². The van der Waals surface area contributed by atoms with Gasteiger partial charge in [-0.15, -0.1) is 11.3 Å². The van der Waals surface area contributed by atoms with Crippen LogP contribution in [0.4, 0.5) is 19.0 Å². The second kappa shape index (κ2) is 7.22. The van der Waals surface area contributed by atoms with Crippen LogP contribution in [0.1, 0.15) is 49.9 Å². The first-order chi connectivity index (χ1) is 12.6. The molecule has 0 spiro atoms. The summed E-state index contributed by atoms with van der Waals surface area (Å²) < 4.78 is 38.1. The SMILES string of the molecule is CC(C)(C)c1csc(CC(=O)[C@@H]2CCCN2c2ccc(C(F)(F)F)cn2)n1. The first kappa shape index (κ1) is 19.8. The zero-order valence-electron chi connectivity index (χ0n) is 15.5. The largest absolute Gasteiger partial charge is 0.417 e. The molecule has 27 heavy (non-hydrogen) atoms. The van der Waals surface area contributed by atoms with Crippen LogP contribution in [0.5, 0.6) is 0 Å². The maximum atomic E-state index is 12.8. The van der Waals surface area contributed by atoms with E-state index in [1.165, 1.54) is 17.4 Å². The summed E-state index contributed by atoms with van der Waals surface area (Å²) in [5.74, 6) is 0.442. The Bertz CT molecular complexity index is 809. The molecule has 0 unspecified atom stereocenters. The van der Waals surface area contributed by atoms with E-state index < -0.39 is 11.7 Å². The lowest BCUT2D eigenvalue weighted by Crippen LogP contribution is -2.37. The molecule has 0 saturated carbocycles. The fourth-order valence-electron chi connectivity index (χ4n) is 3.10. The smallest absolute Gasteiger partial charge is 0.347 e. The number of carbonyl (C=O) groups is 1. The Balaban J connectivity index is 1.72. The van der Waals surface area contributed by atoms with Crippen molar-refractivity contribution in [3.8, 4) is 0 Å². The minimum Gasteiger partial charge on any atom is -0.347 e. The molecule has 4 nitrogen and oxygen atoms in total. The van der Waals surface area contributed by atoms with Gasteiger partial charge in [-0.1, -0.05) is 20.8 Å². The standard InChI is InChI=1S/C19H22F3N3OS/c1-18(2,3)15-11-27-17(24-15)9-14(26)13-5-4-8-25(13)16-7-6-12(10-23-16)19(20,21)22/h6-7,10-11,13H,4-5,8-9H2,1-3H3/t13-/m0/s1. The van der Waals surface area contributed by atoms with Crippen molar-refractivity contribution in [3.05, 3.63) is 40.0 Å². The Labute approximate surface area is 160 Å². The van der Waals surface area contributed by atoms with Crippen LogP contribution in [0.3, 0.4) is 0 Å². The number of anilines is 1. The van der Waals surface area contributed by atoms with Gasteiger partial charge in [0.05, 0.1) is 23.7 Å². The summed E-state index contributed by atoms with van der Waals surface area (Å²) in [6.45, 7) is 6.83. The van der Waals surface area contributed by atoms with Gasteiger partial charge in [0.25, 0.3) is 0 Å². The molecule has 2 aromatic rings. The Kier molecular flexibility index (Phi) is 5.29. The Morgan fingerprint density at radius 3 is 2.59 bits per heavy atom. The van der Waals surface area contributed by atoms with E-state index in [4.69, 9.17) is 0 Å². The number of carbonyl (C=O) groups excluding carboxylic acids is 1. The fourth-order valence-corrected chi connectivity index (χ4v) is 4.13. The van der Waals surface area contributed by atoms with Gasteiger partial charge in [-0.25, -0.2) is 9.97 Å². The van der Waals surface area contributed by atoms with Crippen LogP contribution in [0, 0.1) is 0 Å². The van der Waals surface area contributed by atoms with E-state index in [1.54, 1.807) is 4.90 Å². The van der Waals surface area contributed by atoms with Gasteiger partial charge in [0, 0.05) is 23.5 Å². The average Bonchev–Trinajstić information content (AvgIpc) is 3.22. The van der Waals surface area contributed by atoms with Crippen LogP contribution in [0.25, 0.3) is 0 Å². The van der Waals surface area contributed by atoms with Crippen LogP contribution in [-0.2, 0) is 22.8 Å². The van der Waals surface area contributed by atoms with E-state index in [1.807, 2.05) is 5.38 Å². The zero-order valence-corrected chi connectivity index (χ0v) is 16.3. The molecule has 1 atom stereocenters. The molecular formula is C19H22F3N3OS. The molecule has 3 heterocycles. The number of nitrogens with zero attached hydrogens (tertiary/aromatic N) is 3. The van der Waals surface area contributed by atoms with Crippen molar-refractivity contribution in [1.29, 1.82) is 0 Å². The van der Waals surface area contributed by atoms with Gasteiger partial charge in [0.1, 0.15) is 10.8 Å². The third-order valence-corrected chi connectivity index (χ3v) is 5.49. The predicted octanol–water partition coefficient (Wildman–Crippen LogP) is 4.64. The topological polar surface area (TPSA) is 46.1 Å². The van der Waals surface area contributed by atoms with Gasteiger partial charge in [0.15, 0.2) is 5.78 Å². The van der Waals surface area contributed by atoms with Crippen molar-refractivity contribution in [2.45, 2.75) is 57.7 Å². The fraction of sp³-hybridized carbons (Fsp3) is 0.526. The molecule has 8 heteroatoms. The van der Waals surface area contributed by atoms with Crippen LogP contribution in [-0.4, -0.2) is 28.3 Å². The number of alkyl halides is 3. The molecule has 1 aliphatic rings. The van der Waals surface area contributed by atoms with Crippen LogP contribution >= 0.6 is 11.3 Å². The molecule has 0 bridgehead atoms. The van der Waals surface area contributed by atoms with Crippen molar-refractivity contribution in [1.82, 2.24) is 9.97 Å². The lowest BCUT2D eigenvalue weighted by atomic mass is 9.93. The number of pyridine rings is 1. The summed E-state index contributed by atoms with van der Waals surface area (Å²) >= 11 is 1.47. The van der Waals surface area contributed by atoms with Gasteiger partial charge in [-0.2, -0.15) is 13.2 Å². The number of hydrogen-bond donors (Lipinski definition) is 0. The van der Waals surface area contributed by atoms with Crippen LogP contribution < -0.4 is 4.90 Å². The number of ketones is 1. The van der Waals surface area contributed by atoms with E-state index in [9.17, 15) is 18.0 Å². The summed E-state index contributed by atoms with van der Waals surface area (Å²) in [7, 11) is 0. The molecule has 0 radical (unpaired) electrons. The molecule has 0 N–H and O–H groups in total. The van der Waals surface area contributed by atoms with Crippen molar-refractivity contribution in [2.75, 3.05) is 11.4 Å². The Morgan fingerprint density at radius 1 is 1.30 bits per heavy atom. The Hall–Kier alpha value is -1.96. The molecule has 1 aliphatic heterocycles. The number of halogens is 3. The highest BCUT2D eigenvalue weighted by molar-refractivity contribution is 7.09. The van der Waals surface area contributed by atoms with Gasteiger partial charge in [0.2, 0.25) is 0 Å². The lowest BCUT2D eigenvalue weighted by Gasteiger charge is -2.24. The molecule has 2 aromatic heterocycles. The first-order valence-electron chi connectivity index (χ1n) is 8.83. The van der Waals surface area contributed by atoms with Crippen LogP contribution in [0.2, 0.25) is 0 Å². The molecule has 1 fully saturated rings. The molecule has 0 aliphatic carbocycles. The van der Waals surface area contributed by atoms with Crippen LogP contribution in [0.15, 0.2) is 23.7 Å². The third kappa shape index (κ3) is 4.48. The number of hydrogen-bond acceptors (Lipinski definition) is 5. The number of thiazole rings is 1. The summed E-state index contributed by atoms with van der Waals surface area (Å²) in [4.78, 5) is 23.1. The van der Waals surface area contributed by atoms with Gasteiger partial charge in [-0.3, -0.25) is 4.79 Å². The zero-order chi connectivity index (χ0) is 19.8. The molecule has 0 amide bonds. The minimum atomic E-state index is -4.42. The monoisotopic (exact) mass is 397 g/mol. The molecule has 3 rings (SSSR count). The molecule has 0 aromatic carbocycles. The highest BCUT2D eigenvalue weighted by Gasteiger charge is 2.34. The number of rotatable bonds is 4. The maximum Gasteiger partial charge on any atom is 0.417 e. The van der Waals surface area contributed by atoms with E-state index in [2.05, 4.69) is 30.7 Å². The quantitative estimate of drug-likeness (QED) is 0.754. The maximum absolute atomic E-state index is 12.8. The van der Waals surface area contributed by atoms with Gasteiger partial charge >= 0.3 is 6.18 Å². The van der Waals surface area contributed by atoms with Crippen molar-refractivity contribution >= 4 is 22.9 Å². The summed E-state index contributed by atoms with van der Waals surface area (Å²) in [6, 6.07) is 1.99. The van der Waals surface area contributed by atoms with Crippen molar-refractivity contribution in [2.24, 2.45) is 0 Å². The number of Topliss-reactive ketones (excluding diaryl/α,β-unsaturated/α-hetero) is 1. The molecule has 146 valence electrons. The van der Waals surface area contributed by atoms with Crippen molar-refractivity contribution in [3.63, 3.8) is 0 Å². The highest BCUT2D eigenvalue weighted by Crippen LogP contribution is 2.31. The molecular weight excluding hydrogens is 375 g/mol. The third-order valence-electron chi connectivity index (χ3n) is 4.64. The average molecular weight is 397 g/mol. The van der Waals surface area contributed by atoms with Gasteiger partial charge in [-0.05, 0) is 25.0 Å². The van der Waals surface area contributed by atoms with E-state index >= 15 is 0 Å². The second-order valence-corrected chi connectivity index (χ2v) is 8.72. The lowest BCUT2D eigenvalue weighted by molar-refractivity contribution is -0.137. The van der Waals surface area contributed by atoms with Gasteiger partial charge < -0.3 is 4.90 Å². The summed E-state index contributed by atoms with van der Waals surface area (Å²) in [5.41, 5.74) is 0.107. The first-order valence-corrected chi connectivity index (χ1v) is 9.71. The highest BCUT2D eigenvalue weighted by atomic mass is 32.1. The number of aromatic nitrogens is 2. The van der Waals surface area contributed by atoms with E-state index in [0.29, 0.717) is 18.8 Å². The van der Waals surface area contributed by atoms with E-state index in [-0.39, 0.29) is 23.7 Å². The summed E-state index contributed by atoms with van der Waals surface area (Å²) in [6.07, 6.45) is -1.86. The predicted molar refractivity (Wildman–Crippen MR) is 99.1 cm³/mol. The molecule has 1 saturated heterocycles.